The van der Waals surface area contributed by atoms with E-state index in [4.69, 9.17) is 0 Å². The zero-order chi connectivity index (χ0) is 13.7. The molecule has 0 bridgehead atoms. The van der Waals surface area contributed by atoms with Crippen LogP contribution in [0.2, 0.25) is 0 Å². The molecule has 3 N–H and O–H groups in total. The number of carbonyl (C=O) groups is 1. The second-order valence-electron chi connectivity index (χ2n) is 4.42. The van der Waals surface area contributed by atoms with Crippen LogP contribution in [0, 0.1) is 0 Å². The van der Waals surface area contributed by atoms with Gasteiger partial charge in [0, 0.05) is 31.5 Å². The lowest BCUT2D eigenvalue weighted by Crippen LogP contribution is -2.20. The molecule has 1 atom stereocenters. The van der Waals surface area contributed by atoms with E-state index >= 15 is 0 Å². The SMILES string of the molecule is CC(=O)Nc1ccccc1CNC(C)c1ncc[nH]1. The predicted octanol–water partition coefficient (Wildman–Crippen LogP) is 2.22. The molecule has 100 valence electrons. The van der Waals surface area contributed by atoms with E-state index in [1.807, 2.05) is 31.2 Å². The number of hydrogen-bond acceptors (Lipinski definition) is 3. The van der Waals surface area contributed by atoms with E-state index in [1.165, 1.54) is 6.92 Å². The molecule has 5 nitrogen and oxygen atoms in total. The Bertz CT molecular complexity index is 536. The number of aromatic nitrogens is 2. The van der Waals surface area contributed by atoms with Gasteiger partial charge in [0.1, 0.15) is 5.82 Å². The number of rotatable bonds is 5. The highest BCUT2D eigenvalue weighted by molar-refractivity contribution is 5.89. The summed E-state index contributed by atoms with van der Waals surface area (Å²) in [6.45, 7) is 4.22. The standard InChI is InChI=1S/C14H18N4O/c1-10(14-15-7-8-16-14)17-9-12-5-3-4-6-13(12)18-11(2)19/h3-8,10,17H,9H2,1-2H3,(H,15,16)(H,18,19). The predicted molar refractivity (Wildman–Crippen MR) is 74.6 cm³/mol. The van der Waals surface area contributed by atoms with Crippen LogP contribution >= 0.6 is 0 Å². The Balaban J connectivity index is 2.01. The summed E-state index contributed by atoms with van der Waals surface area (Å²) in [4.78, 5) is 18.4. The van der Waals surface area contributed by atoms with Crippen LogP contribution in [-0.4, -0.2) is 15.9 Å². The maximum Gasteiger partial charge on any atom is 0.221 e. The average Bonchev–Trinajstić information content (AvgIpc) is 2.90. The van der Waals surface area contributed by atoms with E-state index in [0.29, 0.717) is 6.54 Å². The third-order valence-corrected chi connectivity index (χ3v) is 2.86. The zero-order valence-electron chi connectivity index (χ0n) is 11.1. The van der Waals surface area contributed by atoms with Gasteiger partial charge in [0.05, 0.1) is 6.04 Å². The Morgan fingerprint density at radius 2 is 2.21 bits per heavy atom. The van der Waals surface area contributed by atoms with Crippen molar-refractivity contribution in [3.05, 3.63) is 48.0 Å². The van der Waals surface area contributed by atoms with E-state index in [2.05, 4.69) is 20.6 Å². The quantitative estimate of drug-likeness (QED) is 0.770. The summed E-state index contributed by atoms with van der Waals surface area (Å²) in [5.41, 5.74) is 1.89. The molecule has 0 spiro atoms. The van der Waals surface area contributed by atoms with Crippen molar-refractivity contribution in [1.29, 1.82) is 0 Å². The smallest absolute Gasteiger partial charge is 0.221 e. The minimum atomic E-state index is -0.0634. The molecule has 1 heterocycles. The minimum Gasteiger partial charge on any atom is -0.347 e. The van der Waals surface area contributed by atoms with Crippen molar-refractivity contribution >= 4 is 11.6 Å². The number of para-hydroxylation sites is 1. The van der Waals surface area contributed by atoms with Crippen LogP contribution in [0.5, 0.6) is 0 Å². The molecule has 1 amide bonds. The molecule has 2 aromatic rings. The van der Waals surface area contributed by atoms with E-state index in [-0.39, 0.29) is 11.9 Å². The highest BCUT2D eigenvalue weighted by atomic mass is 16.1. The fraction of sp³-hybridized carbons (Fsp3) is 0.286. The first-order chi connectivity index (χ1) is 9.16. The molecule has 0 aliphatic rings. The van der Waals surface area contributed by atoms with E-state index in [0.717, 1.165) is 17.1 Å². The summed E-state index contributed by atoms with van der Waals surface area (Å²) in [6.07, 6.45) is 3.54. The molecule has 1 unspecified atom stereocenters. The van der Waals surface area contributed by atoms with Crippen molar-refractivity contribution in [1.82, 2.24) is 15.3 Å². The van der Waals surface area contributed by atoms with Crippen LogP contribution in [0.25, 0.3) is 0 Å². The average molecular weight is 258 g/mol. The van der Waals surface area contributed by atoms with Crippen molar-refractivity contribution in [3.63, 3.8) is 0 Å². The molecule has 0 radical (unpaired) electrons. The first-order valence-electron chi connectivity index (χ1n) is 6.25. The third kappa shape index (κ3) is 3.66. The lowest BCUT2D eigenvalue weighted by molar-refractivity contribution is -0.114. The highest BCUT2D eigenvalue weighted by Crippen LogP contribution is 2.16. The van der Waals surface area contributed by atoms with Crippen molar-refractivity contribution < 1.29 is 4.79 Å². The summed E-state index contributed by atoms with van der Waals surface area (Å²) in [6, 6.07) is 7.88. The summed E-state index contributed by atoms with van der Waals surface area (Å²) in [7, 11) is 0. The van der Waals surface area contributed by atoms with Crippen LogP contribution in [0.1, 0.15) is 31.3 Å². The van der Waals surface area contributed by atoms with Crippen LogP contribution in [0.4, 0.5) is 5.69 Å². The van der Waals surface area contributed by atoms with Gasteiger partial charge in [0.2, 0.25) is 5.91 Å². The number of H-pyrrole nitrogens is 1. The van der Waals surface area contributed by atoms with Crippen LogP contribution in [0.3, 0.4) is 0 Å². The number of anilines is 1. The summed E-state index contributed by atoms with van der Waals surface area (Å²) in [5, 5.41) is 6.20. The molecule has 0 fully saturated rings. The van der Waals surface area contributed by atoms with Gasteiger partial charge in [-0.05, 0) is 18.6 Å². The van der Waals surface area contributed by atoms with Crippen LogP contribution in [0.15, 0.2) is 36.7 Å². The first kappa shape index (κ1) is 13.3. The van der Waals surface area contributed by atoms with Gasteiger partial charge in [-0.15, -0.1) is 0 Å². The largest absolute Gasteiger partial charge is 0.347 e. The zero-order valence-corrected chi connectivity index (χ0v) is 11.1. The molecule has 19 heavy (non-hydrogen) atoms. The summed E-state index contributed by atoms with van der Waals surface area (Å²) >= 11 is 0. The van der Waals surface area contributed by atoms with Crippen LogP contribution in [-0.2, 0) is 11.3 Å². The number of benzene rings is 1. The number of imidazole rings is 1. The molecule has 0 aliphatic heterocycles. The van der Waals surface area contributed by atoms with Gasteiger partial charge in [-0.25, -0.2) is 4.98 Å². The summed E-state index contributed by atoms with van der Waals surface area (Å²) in [5.74, 6) is 0.837. The Hall–Kier alpha value is -2.14. The Labute approximate surface area is 112 Å². The lowest BCUT2D eigenvalue weighted by atomic mass is 10.1. The number of carbonyl (C=O) groups excluding carboxylic acids is 1. The monoisotopic (exact) mass is 258 g/mol. The highest BCUT2D eigenvalue weighted by Gasteiger charge is 2.08. The molecular formula is C14H18N4O. The van der Waals surface area contributed by atoms with Crippen molar-refractivity contribution in [2.75, 3.05) is 5.32 Å². The molecule has 1 aromatic carbocycles. The van der Waals surface area contributed by atoms with Gasteiger partial charge in [0.25, 0.3) is 0 Å². The fourth-order valence-electron chi connectivity index (χ4n) is 1.86. The first-order valence-corrected chi connectivity index (χ1v) is 6.25. The van der Waals surface area contributed by atoms with Gasteiger partial charge in [-0.1, -0.05) is 18.2 Å². The molecule has 1 aromatic heterocycles. The number of nitrogens with one attached hydrogen (secondary N) is 3. The normalized spacial score (nSPS) is 12.1. The maximum absolute atomic E-state index is 11.1. The van der Waals surface area contributed by atoms with E-state index in [1.54, 1.807) is 12.4 Å². The second-order valence-corrected chi connectivity index (χ2v) is 4.42. The van der Waals surface area contributed by atoms with Gasteiger partial charge in [-0.3, -0.25) is 4.79 Å². The van der Waals surface area contributed by atoms with Gasteiger partial charge in [0.15, 0.2) is 0 Å². The molecule has 0 aliphatic carbocycles. The summed E-state index contributed by atoms with van der Waals surface area (Å²) < 4.78 is 0. The maximum atomic E-state index is 11.1. The number of aromatic amines is 1. The number of amides is 1. The second kappa shape index (κ2) is 6.15. The molecule has 2 rings (SSSR count). The topological polar surface area (TPSA) is 69.8 Å². The molecular weight excluding hydrogens is 240 g/mol. The minimum absolute atomic E-state index is 0.0634. The Kier molecular flexibility index (Phi) is 4.30. The Morgan fingerprint density at radius 3 is 2.89 bits per heavy atom. The lowest BCUT2D eigenvalue weighted by Gasteiger charge is -2.14. The Morgan fingerprint density at radius 1 is 1.42 bits per heavy atom. The van der Waals surface area contributed by atoms with Crippen molar-refractivity contribution in [3.8, 4) is 0 Å². The third-order valence-electron chi connectivity index (χ3n) is 2.86. The van der Waals surface area contributed by atoms with Crippen molar-refractivity contribution in [2.45, 2.75) is 26.4 Å². The van der Waals surface area contributed by atoms with Gasteiger partial charge < -0.3 is 15.6 Å². The molecule has 0 saturated heterocycles. The number of hydrogen-bond donors (Lipinski definition) is 3. The van der Waals surface area contributed by atoms with Crippen molar-refractivity contribution in [2.24, 2.45) is 0 Å². The fourth-order valence-corrected chi connectivity index (χ4v) is 1.86. The van der Waals surface area contributed by atoms with Crippen LogP contribution < -0.4 is 10.6 Å². The van der Waals surface area contributed by atoms with Gasteiger partial charge >= 0.3 is 0 Å². The van der Waals surface area contributed by atoms with E-state index in [9.17, 15) is 4.79 Å². The van der Waals surface area contributed by atoms with E-state index < -0.39 is 0 Å². The molecule has 5 heteroatoms. The van der Waals surface area contributed by atoms with Gasteiger partial charge in [-0.2, -0.15) is 0 Å². The number of nitrogens with zero attached hydrogens (tertiary/aromatic N) is 1. The molecule has 0 saturated carbocycles.